The third kappa shape index (κ3) is 7.79. The number of nitrogens with zero attached hydrogens (tertiary/aromatic N) is 2. The molecule has 6 rings (SSSR count). The number of amides is 3. The van der Waals surface area contributed by atoms with Crippen LogP contribution in [-0.2, 0) is 35.1 Å². The normalized spacial score (nSPS) is 25.4. The highest BCUT2D eigenvalue weighted by atomic mass is 79.9. The highest BCUT2D eigenvalue weighted by Crippen LogP contribution is 2.61. The van der Waals surface area contributed by atoms with Crippen molar-refractivity contribution in [3.63, 3.8) is 0 Å². The molecular weight excluding hydrogens is 762 g/mol. The van der Waals surface area contributed by atoms with E-state index in [-0.39, 0.29) is 42.4 Å². The number of rotatable bonds is 16. The predicted molar refractivity (Wildman–Crippen MR) is 214 cm³/mol. The first-order chi connectivity index (χ1) is 26.4. The molecule has 11 heteroatoms. The number of hydrogen-bond donors (Lipinski definition) is 2. The Labute approximate surface area is 331 Å². The van der Waals surface area contributed by atoms with Crippen LogP contribution in [0.3, 0.4) is 0 Å². The summed E-state index contributed by atoms with van der Waals surface area (Å²) in [6, 6.07) is 21.9. The van der Waals surface area contributed by atoms with Gasteiger partial charge in [0.15, 0.2) is 0 Å². The van der Waals surface area contributed by atoms with Gasteiger partial charge in [0.2, 0.25) is 11.8 Å². The first-order valence-electron chi connectivity index (χ1n) is 18.9. The zero-order chi connectivity index (χ0) is 39.4. The predicted octanol–water partition coefficient (Wildman–Crippen LogP) is 5.93. The van der Waals surface area contributed by atoms with Crippen molar-refractivity contribution < 1.29 is 33.8 Å². The van der Waals surface area contributed by atoms with Crippen molar-refractivity contribution in [2.24, 2.45) is 11.8 Å². The van der Waals surface area contributed by atoms with Gasteiger partial charge in [-0.15, -0.1) is 13.2 Å². The number of esters is 1. The van der Waals surface area contributed by atoms with Crippen LogP contribution in [0.2, 0.25) is 0 Å². The van der Waals surface area contributed by atoms with E-state index in [4.69, 9.17) is 9.47 Å². The van der Waals surface area contributed by atoms with Crippen molar-refractivity contribution in [2.75, 3.05) is 18.1 Å². The molecular formula is C44H50BrN3O7. The van der Waals surface area contributed by atoms with E-state index in [0.29, 0.717) is 17.7 Å². The summed E-state index contributed by atoms with van der Waals surface area (Å²) in [7, 11) is 0. The Morgan fingerprint density at radius 3 is 2.42 bits per heavy atom. The Hall–Kier alpha value is -4.58. The second-order valence-electron chi connectivity index (χ2n) is 14.9. The molecule has 3 aromatic rings. The number of alkyl halides is 1. The Morgan fingerprint density at radius 2 is 1.76 bits per heavy atom. The molecule has 3 heterocycles. The number of halogens is 1. The zero-order valence-corrected chi connectivity index (χ0v) is 33.2. The Kier molecular flexibility index (Phi) is 12.4. The van der Waals surface area contributed by atoms with Crippen molar-refractivity contribution in [1.29, 1.82) is 0 Å². The maximum absolute atomic E-state index is 15.3. The van der Waals surface area contributed by atoms with Gasteiger partial charge in [-0.05, 0) is 68.4 Å². The molecule has 0 aromatic heterocycles. The first-order valence-corrected chi connectivity index (χ1v) is 19.8. The van der Waals surface area contributed by atoms with E-state index < -0.39 is 66.3 Å². The summed E-state index contributed by atoms with van der Waals surface area (Å²) in [5.74, 6) is -3.86. The smallest absolute Gasteiger partial charge is 0.313 e. The maximum Gasteiger partial charge on any atom is 0.313 e. The average molecular weight is 813 g/mol. The van der Waals surface area contributed by atoms with Gasteiger partial charge in [0.05, 0.1) is 36.6 Å². The fourth-order valence-corrected chi connectivity index (χ4v) is 9.62. The molecule has 3 fully saturated rings. The Bertz CT molecular complexity index is 1910. The number of aliphatic hydroxyl groups excluding tert-OH is 1. The molecule has 2 N–H and O–H groups in total. The molecule has 3 aromatic carbocycles. The number of benzene rings is 3. The van der Waals surface area contributed by atoms with Crippen LogP contribution in [0.25, 0.3) is 0 Å². The van der Waals surface area contributed by atoms with Crippen molar-refractivity contribution in [3.8, 4) is 0 Å². The van der Waals surface area contributed by atoms with E-state index in [0.717, 1.165) is 16.7 Å². The summed E-state index contributed by atoms with van der Waals surface area (Å²) in [5, 5.41) is 13.9. The molecule has 3 saturated heterocycles. The number of anilines is 1. The standard InChI is InChI=1S/C44H50BrN3O7/c1-6-8-19-35(50)46-29(5)38(31-17-13-10-14-18-31)54-43(53)36-37-41(51)48(32(26-49)24-30-15-11-9-12-16-30)40(44(37)25-33(45)39(36)55-44)42(52)47(22-7-2)34-23-27(3)20-21-28(34)4/h6-7,9-18,20-21,23,29,32-33,36-40,49H,1-2,8,19,22,24-26H2,3-5H3,(H,46,50)/t29-,32-,33?,36-,37+,38-,39-,40-,44+/m1/s1. The number of carbonyl (C=O) groups is 4. The van der Waals surface area contributed by atoms with Crippen LogP contribution in [0, 0.1) is 25.7 Å². The summed E-state index contributed by atoms with van der Waals surface area (Å²) in [5.41, 5.74) is 2.63. The lowest BCUT2D eigenvalue weighted by Gasteiger charge is -2.39. The fourth-order valence-electron chi connectivity index (χ4n) is 8.68. The van der Waals surface area contributed by atoms with Gasteiger partial charge in [0.1, 0.15) is 17.7 Å². The van der Waals surface area contributed by atoms with E-state index >= 15 is 9.59 Å². The number of allylic oxidation sites excluding steroid dienone is 1. The number of aryl methyl sites for hydroxylation is 2. The molecule has 290 valence electrons. The van der Waals surface area contributed by atoms with E-state index in [1.807, 2.05) is 92.7 Å². The van der Waals surface area contributed by atoms with Crippen LogP contribution in [-0.4, -0.2) is 81.5 Å². The summed E-state index contributed by atoms with van der Waals surface area (Å²) in [6.07, 6.45) is 2.94. The topological polar surface area (TPSA) is 125 Å². The second-order valence-corrected chi connectivity index (χ2v) is 16.1. The number of fused-ring (bicyclic) bond motifs is 1. The monoisotopic (exact) mass is 811 g/mol. The molecule has 3 aliphatic rings. The van der Waals surface area contributed by atoms with Gasteiger partial charge in [-0.25, -0.2) is 0 Å². The largest absolute Gasteiger partial charge is 0.455 e. The van der Waals surface area contributed by atoms with Gasteiger partial charge >= 0.3 is 5.97 Å². The molecule has 0 saturated carbocycles. The molecule has 55 heavy (non-hydrogen) atoms. The van der Waals surface area contributed by atoms with Gasteiger partial charge in [-0.2, -0.15) is 0 Å². The summed E-state index contributed by atoms with van der Waals surface area (Å²) in [6.45, 7) is 13.0. The number of carbonyl (C=O) groups excluding carboxylic acids is 4. The minimum Gasteiger partial charge on any atom is -0.455 e. The molecule has 3 aliphatic heterocycles. The lowest BCUT2D eigenvalue weighted by molar-refractivity contribution is -0.162. The van der Waals surface area contributed by atoms with Crippen LogP contribution in [0.5, 0.6) is 0 Å². The molecule has 10 nitrogen and oxygen atoms in total. The average Bonchev–Trinajstić information content (AvgIpc) is 3.78. The van der Waals surface area contributed by atoms with Gasteiger partial charge in [0.25, 0.3) is 5.91 Å². The Morgan fingerprint density at radius 1 is 1.07 bits per heavy atom. The SMILES string of the molecule is C=CCCC(=O)N[C@H](C)[C@@H](OC(=O)[C@H]1[C@@H]2O[C@@]3(CC2Br)[C@@H]1C(=O)N([C@@H](CO)Cc1ccccc1)[C@@H]3C(=O)N(CC=C)c1cc(C)ccc1C)c1ccccc1. The molecule has 0 aliphatic carbocycles. The lowest BCUT2D eigenvalue weighted by atomic mass is 9.70. The summed E-state index contributed by atoms with van der Waals surface area (Å²) >= 11 is 3.77. The van der Waals surface area contributed by atoms with Gasteiger partial charge in [-0.3, -0.25) is 19.2 Å². The molecule has 2 bridgehead atoms. The number of hydrogen-bond acceptors (Lipinski definition) is 7. The summed E-state index contributed by atoms with van der Waals surface area (Å²) in [4.78, 5) is 60.6. The molecule has 9 atom stereocenters. The number of aliphatic hydroxyl groups is 1. The molecule has 0 radical (unpaired) electrons. The van der Waals surface area contributed by atoms with Crippen molar-refractivity contribution in [3.05, 3.63) is 126 Å². The lowest BCUT2D eigenvalue weighted by Crippen LogP contribution is -2.59. The molecule has 1 spiro atoms. The van der Waals surface area contributed by atoms with E-state index in [1.54, 1.807) is 24.0 Å². The number of ether oxygens (including phenoxy) is 2. The van der Waals surface area contributed by atoms with Crippen molar-refractivity contribution in [2.45, 2.75) is 87.2 Å². The van der Waals surface area contributed by atoms with E-state index in [2.05, 4.69) is 34.4 Å². The molecule has 1 unspecified atom stereocenters. The first kappa shape index (κ1) is 40.1. The fraction of sp³-hybridized carbons (Fsp3) is 0.409. The third-order valence-corrected chi connectivity index (χ3v) is 12.0. The number of likely N-dealkylation sites (tertiary alicyclic amines) is 1. The van der Waals surface area contributed by atoms with Crippen LogP contribution < -0.4 is 10.2 Å². The quantitative estimate of drug-likeness (QED) is 0.104. The Balaban J connectivity index is 1.41. The van der Waals surface area contributed by atoms with Crippen LogP contribution >= 0.6 is 15.9 Å². The second kappa shape index (κ2) is 17.1. The van der Waals surface area contributed by atoms with Crippen molar-refractivity contribution in [1.82, 2.24) is 10.2 Å². The number of nitrogens with one attached hydrogen (secondary N) is 1. The van der Waals surface area contributed by atoms with Crippen LogP contribution in [0.1, 0.15) is 54.5 Å². The van der Waals surface area contributed by atoms with E-state index in [1.165, 1.54) is 4.90 Å². The van der Waals surface area contributed by atoms with Gasteiger partial charge in [-0.1, -0.05) is 101 Å². The minimum absolute atomic E-state index is 0.159. The third-order valence-electron chi connectivity index (χ3n) is 11.2. The summed E-state index contributed by atoms with van der Waals surface area (Å²) < 4.78 is 13.2. The highest BCUT2D eigenvalue weighted by molar-refractivity contribution is 9.09. The maximum atomic E-state index is 15.3. The van der Waals surface area contributed by atoms with Gasteiger partial charge in [0, 0.05) is 23.5 Å². The van der Waals surface area contributed by atoms with Crippen LogP contribution in [0.4, 0.5) is 5.69 Å². The van der Waals surface area contributed by atoms with Crippen molar-refractivity contribution >= 4 is 45.3 Å². The molecule has 3 amide bonds. The van der Waals surface area contributed by atoms with Gasteiger partial charge < -0.3 is 29.7 Å². The minimum atomic E-state index is -1.41. The highest BCUT2D eigenvalue weighted by Gasteiger charge is 2.77. The zero-order valence-electron chi connectivity index (χ0n) is 31.6. The van der Waals surface area contributed by atoms with E-state index in [9.17, 15) is 14.7 Å². The van der Waals surface area contributed by atoms with Crippen LogP contribution in [0.15, 0.2) is 104 Å².